The average Bonchev–Trinajstić information content (AvgIpc) is 2.44. The van der Waals surface area contributed by atoms with E-state index in [1.165, 1.54) is 0 Å². The molecule has 0 fully saturated rings. The molecular weight excluding hydrogens is 224 g/mol. The van der Waals surface area contributed by atoms with Crippen LogP contribution in [0.1, 0.15) is 11.1 Å². The molecule has 0 spiro atoms. The van der Waals surface area contributed by atoms with E-state index >= 15 is 0 Å². The number of aromatic nitrogens is 1. The topological polar surface area (TPSA) is 48.1 Å². The maximum absolute atomic E-state index is 5.69. The lowest BCUT2D eigenvalue weighted by molar-refractivity contribution is 0.305. The van der Waals surface area contributed by atoms with E-state index in [2.05, 4.69) is 4.98 Å². The fourth-order valence-electron chi connectivity index (χ4n) is 1.55. The molecule has 18 heavy (non-hydrogen) atoms. The van der Waals surface area contributed by atoms with Crippen LogP contribution >= 0.6 is 0 Å². The Morgan fingerprint density at radius 2 is 2.00 bits per heavy atom. The Balaban J connectivity index is 1.99. The van der Waals surface area contributed by atoms with Crippen LogP contribution < -0.4 is 10.5 Å². The SMILES string of the molecule is NCC=Cc1cncc(OCc2ccccc2)c1. The Labute approximate surface area is 107 Å². The molecule has 0 saturated heterocycles. The van der Waals surface area contributed by atoms with Crippen LogP contribution in [0.4, 0.5) is 0 Å². The van der Waals surface area contributed by atoms with E-state index < -0.39 is 0 Å². The van der Waals surface area contributed by atoms with Crippen molar-refractivity contribution in [2.45, 2.75) is 6.61 Å². The highest BCUT2D eigenvalue weighted by Gasteiger charge is 1.97. The number of rotatable bonds is 5. The van der Waals surface area contributed by atoms with Crippen molar-refractivity contribution in [1.82, 2.24) is 4.98 Å². The van der Waals surface area contributed by atoms with Crippen LogP contribution in [0, 0.1) is 0 Å². The second-order valence-corrected chi connectivity index (χ2v) is 3.87. The Kier molecular flexibility index (Phi) is 4.50. The fourth-order valence-corrected chi connectivity index (χ4v) is 1.55. The molecule has 3 heteroatoms. The third-order valence-corrected chi connectivity index (χ3v) is 2.43. The lowest BCUT2D eigenvalue weighted by Crippen LogP contribution is -1.96. The Hall–Kier alpha value is -2.13. The molecule has 0 saturated carbocycles. The first-order valence-corrected chi connectivity index (χ1v) is 5.87. The van der Waals surface area contributed by atoms with Crippen LogP contribution in [0.15, 0.2) is 54.9 Å². The summed E-state index contributed by atoms with van der Waals surface area (Å²) in [7, 11) is 0. The number of ether oxygens (including phenoxy) is 1. The third kappa shape index (κ3) is 3.71. The van der Waals surface area contributed by atoms with Crippen molar-refractivity contribution in [3.63, 3.8) is 0 Å². The molecule has 0 aliphatic heterocycles. The molecule has 2 N–H and O–H groups in total. The molecule has 0 amide bonds. The predicted molar refractivity (Wildman–Crippen MR) is 73.1 cm³/mol. The van der Waals surface area contributed by atoms with Gasteiger partial charge in [-0.2, -0.15) is 0 Å². The zero-order valence-corrected chi connectivity index (χ0v) is 10.1. The number of pyridine rings is 1. The molecule has 0 bridgehead atoms. The van der Waals surface area contributed by atoms with E-state index in [1.807, 2.05) is 48.6 Å². The summed E-state index contributed by atoms with van der Waals surface area (Å²) in [4.78, 5) is 4.13. The van der Waals surface area contributed by atoms with Gasteiger partial charge in [0.1, 0.15) is 12.4 Å². The summed E-state index contributed by atoms with van der Waals surface area (Å²) < 4.78 is 5.69. The number of hydrogen-bond acceptors (Lipinski definition) is 3. The van der Waals surface area contributed by atoms with Gasteiger partial charge in [-0.15, -0.1) is 0 Å². The normalized spacial score (nSPS) is 10.7. The van der Waals surface area contributed by atoms with Crippen LogP contribution in [0.2, 0.25) is 0 Å². The van der Waals surface area contributed by atoms with E-state index in [0.29, 0.717) is 13.2 Å². The highest BCUT2D eigenvalue weighted by Crippen LogP contribution is 2.14. The highest BCUT2D eigenvalue weighted by atomic mass is 16.5. The average molecular weight is 240 g/mol. The van der Waals surface area contributed by atoms with Gasteiger partial charge in [0.05, 0.1) is 6.20 Å². The number of hydrogen-bond donors (Lipinski definition) is 1. The summed E-state index contributed by atoms with van der Waals surface area (Å²) >= 11 is 0. The summed E-state index contributed by atoms with van der Waals surface area (Å²) in [6.07, 6.45) is 7.31. The van der Waals surface area contributed by atoms with Gasteiger partial charge in [-0.3, -0.25) is 4.98 Å². The fraction of sp³-hybridized carbons (Fsp3) is 0.133. The van der Waals surface area contributed by atoms with Gasteiger partial charge in [0.2, 0.25) is 0 Å². The molecule has 2 rings (SSSR count). The Bertz CT molecular complexity index is 509. The molecule has 1 heterocycles. The van der Waals surface area contributed by atoms with Crippen molar-refractivity contribution in [3.8, 4) is 5.75 Å². The summed E-state index contributed by atoms with van der Waals surface area (Å²) in [5.41, 5.74) is 7.54. The molecule has 0 atom stereocenters. The lowest BCUT2D eigenvalue weighted by atomic mass is 10.2. The van der Waals surface area contributed by atoms with Gasteiger partial charge < -0.3 is 10.5 Å². The molecular formula is C15H16N2O. The standard InChI is InChI=1S/C15H16N2O/c16-8-4-7-14-9-15(11-17-10-14)18-12-13-5-2-1-3-6-13/h1-7,9-11H,8,12,16H2. The molecule has 1 aromatic carbocycles. The molecule has 0 aliphatic rings. The molecule has 2 aromatic rings. The smallest absolute Gasteiger partial charge is 0.138 e. The van der Waals surface area contributed by atoms with Crippen molar-refractivity contribution in [3.05, 3.63) is 66.0 Å². The van der Waals surface area contributed by atoms with Gasteiger partial charge in [0.25, 0.3) is 0 Å². The van der Waals surface area contributed by atoms with Crippen molar-refractivity contribution in [2.24, 2.45) is 5.73 Å². The second-order valence-electron chi connectivity index (χ2n) is 3.87. The van der Waals surface area contributed by atoms with Crippen LogP contribution in [-0.4, -0.2) is 11.5 Å². The summed E-state index contributed by atoms with van der Waals surface area (Å²) in [5, 5.41) is 0. The van der Waals surface area contributed by atoms with Crippen molar-refractivity contribution < 1.29 is 4.74 Å². The quantitative estimate of drug-likeness (QED) is 0.874. The predicted octanol–water partition coefficient (Wildman–Crippen LogP) is 2.63. The minimum Gasteiger partial charge on any atom is -0.487 e. The number of nitrogens with zero attached hydrogens (tertiary/aromatic N) is 1. The van der Waals surface area contributed by atoms with Crippen LogP contribution in [0.5, 0.6) is 5.75 Å². The number of benzene rings is 1. The van der Waals surface area contributed by atoms with E-state index in [9.17, 15) is 0 Å². The van der Waals surface area contributed by atoms with Crippen LogP contribution in [-0.2, 0) is 6.61 Å². The Morgan fingerprint density at radius 1 is 1.17 bits per heavy atom. The largest absolute Gasteiger partial charge is 0.487 e. The molecule has 92 valence electrons. The van der Waals surface area contributed by atoms with E-state index in [1.54, 1.807) is 12.4 Å². The monoisotopic (exact) mass is 240 g/mol. The van der Waals surface area contributed by atoms with Crippen molar-refractivity contribution in [2.75, 3.05) is 6.54 Å². The molecule has 0 radical (unpaired) electrons. The molecule has 0 unspecified atom stereocenters. The van der Waals surface area contributed by atoms with Gasteiger partial charge in [-0.25, -0.2) is 0 Å². The van der Waals surface area contributed by atoms with E-state index in [-0.39, 0.29) is 0 Å². The highest BCUT2D eigenvalue weighted by molar-refractivity contribution is 5.50. The summed E-state index contributed by atoms with van der Waals surface area (Å²) in [6.45, 7) is 1.07. The number of nitrogens with two attached hydrogens (primary N) is 1. The Morgan fingerprint density at radius 3 is 2.78 bits per heavy atom. The second kappa shape index (κ2) is 6.57. The molecule has 0 aliphatic carbocycles. The zero-order valence-electron chi connectivity index (χ0n) is 10.1. The first-order chi connectivity index (χ1) is 8.88. The maximum atomic E-state index is 5.69. The lowest BCUT2D eigenvalue weighted by Gasteiger charge is -2.06. The maximum Gasteiger partial charge on any atom is 0.138 e. The van der Waals surface area contributed by atoms with Crippen molar-refractivity contribution >= 4 is 6.08 Å². The van der Waals surface area contributed by atoms with Gasteiger partial charge in [0.15, 0.2) is 0 Å². The zero-order chi connectivity index (χ0) is 12.6. The van der Waals surface area contributed by atoms with E-state index in [0.717, 1.165) is 16.9 Å². The molecule has 3 nitrogen and oxygen atoms in total. The van der Waals surface area contributed by atoms with Crippen LogP contribution in [0.25, 0.3) is 6.08 Å². The summed E-state index contributed by atoms with van der Waals surface area (Å²) in [5.74, 6) is 0.762. The first-order valence-electron chi connectivity index (χ1n) is 5.87. The minimum atomic E-state index is 0.523. The summed E-state index contributed by atoms with van der Waals surface area (Å²) in [6, 6.07) is 12.0. The van der Waals surface area contributed by atoms with Gasteiger partial charge in [-0.05, 0) is 17.2 Å². The third-order valence-electron chi connectivity index (χ3n) is 2.43. The van der Waals surface area contributed by atoms with Gasteiger partial charge >= 0.3 is 0 Å². The van der Waals surface area contributed by atoms with E-state index in [4.69, 9.17) is 10.5 Å². The minimum absolute atomic E-state index is 0.523. The van der Waals surface area contributed by atoms with Gasteiger partial charge in [0, 0.05) is 12.7 Å². The first kappa shape index (κ1) is 12.3. The molecule has 1 aromatic heterocycles. The van der Waals surface area contributed by atoms with Gasteiger partial charge in [-0.1, -0.05) is 42.5 Å². The van der Waals surface area contributed by atoms with Crippen molar-refractivity contribution in [1.29, 1.82) is 0 Å². The van der Waals surface area contributed by atoms with Crippen LogP contribution in [0.3, 0.4) is 0 Å².